The first-order valence-electron chi connectivity index (χ1n) is 7.30. The molecule has 1 N–H and O–H groups in total. The van der Waals surface area contributed by atoms with E-state index < -0.39 is 0 Å². The maximum absolute atomic E-state index is 12.2. The summed E-state index contributed by atoms with van der Waals surface area (Å²) in [4.78, 5) is 14.0. The molecule has 3 rings (SSSR count). The normalized spacial score (nSPS) is 14.2. The van der Waals surface area contributed by atoms with E-state index in [1.54, 1.807) is 12.1 Å². The minimum atomic E-state index is -0.0464. The third kappa shape index (κ3) is 3.20. The molecule has 6 heteroatoms. The number of hydrogen-bond donors (Lipinski definition) is 1. The van der Waals surface area contributed by atoms with Gasteiger partial charge in [-0.25, -0.2) is 0 Å². The van der Waals surface area contributed by atoms with E-state index in [1.807, 2.05) is 30.0 Å². The van der Waals surface area contributed by atoms with Crippen molar-refractivity contribution < 1.29 is 4.79 Å². The highest BCUT2D eigenvalue weighted by molar-refractivity contribution is 6.31. The fourth-order valence-electron chi connectivity index (χ4n) is 2.41. The first-order valence-corrected chi connectivity index (χ1v) is 7.67. The Kier molecular flexibility index (Phi) is 4.24. The lowest BCUT2D eigenvalue weighted by Gasteiger charge is -2.14. The highest BCUT2D eigenvalue weighted by Crippen LogP contribution is 2.22. The van der Waals surface area contributed by atoms with Crippen LogP contribution in [0.25, 0.3) is 0 Å². The summed E-state index contributed by atoms with van der Waals surface area (Å²) in [6.07, 6.45) is 2.12. The molecule has 1 aromatic heterocycles. The van der Waals surface area contributed by atoms with Gasteiger partial charge in [0.15, 0.2) is 11.5 Å². The number of hydrogen-bond acceptors (Lipinski definition) is 4. The molecule has 1 aromatic carbocycles. The van der Waals surface area contributed by atoms with Crippen molar-refractivity contribution in [3.05, 3.63) is 46.6 Å². The van der Waals surface area contributed by atoms with Gasteiger partial charge in [0.2, 0.25) is 0 Å². The Labute approximate surface area is 134 Å². The summed E-state index contributed by atoms with van der Waals surface area (Å²) in [5.74, 6) is 0.535. The quantitative estimate of drug-likeness (QED) is 0.942. The molecule has 0 aliphatic carbocycles. The zero-order chi connectivity index (χ0) is 15.5. The molecule has 2 aromatic rings. The number of carbonyl (C=O) groups is 1. The van der Waals surface area contributed by atoms with Gasteiger partial charge < -0.3 is 10.2 Å². The molecular formula is C16H17ClN4O. The zero-order valence-corrected chi connectivity index (χ0v) is 13.1. The van der Waals surface area contributed by atoms with E-state index in [2.05, 4.69) is 15.5 Å². The van der Waals surface area contributed by atoms with Gasteiger partial charge in [-0.1, -0.05) is 17.7 Å². The number of likely N-dealkylation sites (tertiary alicyclic amines) is 1. The Hall–Kier alpha value is -2.14. The van der Waals surface area contributed by atoms with Crippen molar-refractivity contribution in [1.82, 2.24) is 15.1 Å². The number of amides is 1. The molecule has 1 saturated heterocycles. The summed E-state index contributed by atoms with van der Waals surface area (Å²) in [7, 11) is 0. The molecular weight excluding hydrogens is 300 g/mol. The van der Waals surface area contributed by atoms with Crippen LogP contribution in [0.2, 0.25) is 5.02 Å². The van der Waals surface area contributed by atoms with E-state index in [0.29, 0.717) is 16.5 Å². The summed E-state index contributed by atoms with van der Waals surface area (Å²) in [6, 6.07) is 9.15. The fourth-order valence-corrected chi connectivity index (χ4v) is 2.59. The van der Waals surface area contributed by atoms with Gasteiger partial charge in [-0.15, -0.1) is 10.2 Å². The second-order valence-corrected chi connectivity index (χ2v) is 5.80. The smallest absolute Gasteiger partial charge is 0.274 e. The number of carbonyl (C=O) groups excluding carboxylic acids is 1. The molecule has 0 saturated carbocycles. The van der Waals surface area contributed by atoms with E-state index >= 15 is 0 Å². The Morgan fingerprint density at radius 1 is 1.18 bits per heavy atom. The Morgan fingerprint density at radius 2 is 1.95 bits per heavy atom. The van der Waals surface area contributed by atoms with Crippen LogP contribution in [0.1, 0.15) is 28.9 Å². The van der Waals surface area contributed by atoms with Gasteiger partial charge in [0.1, 0.15) is 0 Å². The largest absolute Gasteiger partial charge is 0.339 e. The van der Waals surface area contributed by atoms with Gasteiger partial charge in [-0.05, 0) is 49.6 Å². The molecule has 0 unspecified atom stereocenters. The van der Waals surface area contributed by atoms with Crippen LogP contribution < -0.4 is 5.32 Å². The zero-order valence-electron chi connectivity index (χ0n) is 12.3. The van der Waals surface area contributed by atoms with Crippen molar-refractivity contribution in [3.63, 3.8) is 0 Å². The predicted octanol–water partition coefficient (Wildman–Crippen LogP) is 3.42. The lowest BCUT2D eigenvalue weighted by atomic mass is 10.2. The number of nitrogens with zero attached hydrogens (tertiary/aromatic N) is 3. The van der Waals surface area contributed by atoms with E-state index in [9.17, 15) is 4.79 Å². The van der Waals surface area contributed by atoms with Gasteiger partial charge in [-0.2, -0.15) is 0 Å². The molecule has 0 bridgehead atoms. The Morgan fingerprint density at radius 3 is 2.59 bits per heavy atom. The van der Waals surface area contributed by atoms with Crippen molar-refractivity contribution in [1.29, 1.82) is 0 Å². The maximum Gasteiger partial charge on any atom is 0.274 e. The van der Waals surface area contributed by atoms with Gasteiger partial charge in [0.25, 0.3) is 5.91 Å². The van der Waals surface area contributed by atoms with Crippen molar-refractivity contribution in [2.24, 2.45) is 0 Å². The summed E-state index contributed by atoms with van der Waals surface area (Å²) in [5, 5.41) is 11.9. The van der Waals surface area contributed by atoms with Crippen molar-refractivity contribution in [3.8, 4) is 0 Å². The summed E-state index contributed by atoms with van der Waals surface area (Å²) in [5.41, 5.74) is 2.24. The number of anilines is 2. The highest BCUT2D eigenvalue weighted by Gasteiger charge is 2.20. The van der Waals surface area contributed by atoms with E-state index in [-0.39, 0.29) is 5.91 Å². The molecule has 1 aliphatic rings. The van der Waals surface area contributed by atoms with E-state index in [1.165, 1.54) is 0 Å². The Balaban J connectivity index is 1.70. The SMILES string of the molecule is Cc1ccc(Nc2ccc(C(=O)N3CCCC3)nn2)cc1Cl. The number of halogens is 1. The second-order valence-electron chi connectivity index (χ2n) is 5.39. The first kappa shape index (κ1) is 14.8. The molecule has 1 fully saturated rings. The van der Waals surface area contributed by atoms with Gasteiger partial charge in [0.05, 0.1) is 0 Å². The monoisotopic (exact) mass is 316 g/mol. The molecule has 0 spiro atoms. The van der Waals surface area contributed by atoms with Crippen LogP contribution in [0.15, 0.2) is 30.3 Å². The van der Waals surface area contributed by atoms with Crippen molar-refractivity contribution in [2.45, 2.75) is 19.8 Å². The molecule has 0 atom stereocenters. The van der Waals surface area contributed by atoms with Crippen molar-refractivity contribution in [2.75, 3.05) is 18.4 Å². The minimum Gasteiger partial charge on any atom is -0.339 e. The molecule has 1 amide bonds. The highest BCUT2D eigenvalue weighted by atomic mass is 35.5. The summed E-state index contributed by atoms with van der Waals surface area (Å²) >= 11 is 6.09. The number of benzene rings is 1. The van der Waals surface area contributed by atoms with Crippen molar-refractivity contribution >= 4 is 29.0 Å². The Bertz CT molecular complexity index is 681. The van der Waals surface area contributed by atoms with Crippen LogP contribution in [0.4, 0.5) is 11.5 Å². The average molecular weight is 317 g/mol. The molecule has 5 nitrogen and oxygen atoms in total. The minimum absolute atomic E-state index is 0.0464. The molecule has 1 aliphatic heterocycles. The molecule has 0 radical (unpaired) electrons. The molecule has 22 heavy (non-hydrogen) atoms. The fraction of sp³-hybridized carbons (Fsp3) is 0.312. The third-order valence-corrected chi connectivity index (χ3v) is 4.13. The first-order chi connectivity index (χ1) is 10.6. The average Bonchev–Trinajstić information content (AvgIpc) is 3.05. The number of nitrogens with one attached hydrogen (secondary N) is 1. The number of aromatic nitrogens is 2. The molecule has 2 heterocycles. The van der Waals surface area contributed by atoms with Crippen LogP contribution in [0.5, 0.6) is 0 Å². The predicted molar refractivity (Wildman–Crippen MR) is 86.6 cm³/mol. The third-order valence-electron chi connectivity index (χ3n) is 3.72. The van der Waals surface area contributed by atoms with Gasteiger partial charge >= 0.3 is 0 Å². The maximum atomic E-state index is 12.2. The standard InChI is InChI=1S/C16H17ClN4O/c1-11-4-5-12(10-13(11)17)18-15-7-6-14(19-20-15)16(22)21-8-2-3-9-21/h4-7,10H,2-3,8-9H2,1H3,(H,18,20). The summed E-state index contributed by atoms with van der Waals surface area (Å²) in [6.45, 7) is 3.56. The topological polar surface area (TPSA) is 58.1 Å². The van der Waals surface area contributed by atoms with Crippen LogP contribution in [0, 0.1) is 6.92 Å². The number of rotatable bonds is 3. The van der Waals surface area contributed by atoms with Gasteiger partial charge in [-0.3, -0.25) is 4.79 Å². The molecule has 114 valence electrons. The van der Waals surface area contributed by atoms with Gasteiger partial charge in [0, 0.05) is 23.8 Å². The van der Waals surface area contributed by atoms with E-state index in [0.717, 1.165) is 37.2 Å². The van der Waals surface area contributed by atoms with Crippen LogP contribution in [0.3, 0.4) is 0 Å². The second kappa shape index (κ2) is 6.32. The number of aryl methyl sites for hydroxylation is 1. The van der Waals surface area contributed by atoms with Crippen LogP contribution >= 0.6 is 11.6 Å². The van der Waals surface area contributed by atoms with E-state index in [4.69, 9.17) is 11.6 Å². The lowest BCUT2D eigenvalue weighted by molar-refractivity contribution is 0.0786. The lowest BCUT2D eigenvalue weighted by Crippen LogP contribution is -2.28. The summed E-state index contributed by atoms with van der Waals surface area (Å²) < 4.78 is 0. The van der Waals surface area contributed by atoms with Crippen LogP contribution in [-0.2, 0) is 0 Å². The van der Waals surface area contributed by atoms with Crippen LogP contribution in [-0.4, -0.2) is 34.1 Å².